The van der Waals surface area contributed by atoms with Gasteiger partial charge in [-0.05, 0) is 20.8 Å². The highest BCUT2D eigenvalue weighted by atomic mass is 16.3. The van der Waals surface area contributed by atoms with Crippen LogP contribution < -0.4 is 5.32 Å². The van der Waals surface area contributed by atoms with Crippen LogP contribution in [0.5, 0.6) is 0 Å². The lowest BCUT2D eigenvalue weighted by Gasteiger charge is -2.25. The Balaban J connectivity index is 4.00. The maximum Gasteiger partial charge on any atom is 0.317 e. The van der Waals surface area contributed by atoms with E-state index in [2.05, 4.69) is 5.32 Å². The summed E-state index contributed by atoms with van der Waals surface area (Å²) in [6, 6.07) is 0.0188. The molecule has 0 saturated heterocycles. The van der Waals surface area contributed by atoms with Crippen LogP contribution in [0.25, 0.3) is 0 Å². The molecule has 0 atom stereocenters. The molecule has 2 N–H and O–H groups in total. The van der Waals surface area contributed by atoms with Gasteiger partial charge >= 0.3 is 6.03 Å². The van der Waals surface area contributed by atoms with Crippen LogP contribution in [-0.4, -0.2) is 41.8 Å². The van der Waals surface area contributed by atoms with Gasteiger partial charge in [0.25, 0.3) is 0 Å². The topological polar surface area (TPSA) is 52.6 Å². The highest BCUT2D eigenvalue weighted by molar-refractivity contribution is 5.74. The van der Waals surface area contributed by atoms with E-state index in [0.717, 1.165) is 0 Å². The predicted molar refractivity (Wildman–Crippen MR) is 48.0 cm³/mol. The van der Waals surface area contributed by atoms with Crippen LogP contribution in [0.3, 0.4) is 0 Å². The maximum absolute atomic E-state index is 11.3. The van der Waals surface area contributed by atoms with Crippen molar-refractivity contribution < 1.29 is 9.90 Å². The average Bonchev–Trinajstić information content (AvgIpc) is 1.99. The number of nitrogens with one attached hydrogen (secondary N) is 1. The van der Waals surface area contributed by atoms with Crippen LogP contribution in [0.4, 0.5) is 4.79 Å². The Hall–Kier alpha value is -0.770. The Kier molecular flexibility index (Phi) is 5.45. The van der Waals surface area contributed by atoms with Crippen molar-refractivity contribution >= 4 is 6.03 Å². The van der Waals surface area contributed by atoms with Crippen LogP contribution in [0.2, 0.25) is 0 Å². The number of amides is 2. The standard InChI is InChI=1S/C8H18N2O2/c1-4-9-8(12)10(5-6-11)7(2)3/h7,11H,4-6H2,1-3H3,(H,9,12). The second-order valence-corrected chi connectivity index (χ2v) is 2.85. The molecule has 4 nitrogen and oxygen atoms in total. The number of hydrogen-bond acceptors (Lipinski definition) is 2. The van der Waals surface area contributed by atoms with Crippen molar-refractivity contribution in [1.29, 1.82) is 0 Å². The van der Waals surface area contributed by atoms with E-state index in [1.54, 1.807) is 4.90 Å². The van der Waals surface area contributed by atoms with Gasteiger partial charge in [0.1, 0.15) is 0 Å². The molecule has 0 radical (unpaired) electrons. The molecule has 0 aliphatic carbocycles. The molecular weight excluding hydrogens is 156 g/mol. The van der Waals surface area contributed by atoms with Crippen molar-refractivity contribution in [2.24, 2.45) is 0 Å². The minimum Gasteiger partial charge on any atom is -0.395 e. The highest BCUT2D eigenvalue weighted by Crippen LogP contribution is 1.97. The number of rotatable bonds is 4. The van der Waals surface area contributed by atoms with Crippen LogP contribution in [-0.2, 0) is 0 Å². The zero-order chi connectivity index (χ0) is 9.56. The van der Waals surface area contributed by atoms with Crippen molar-refractivity contribution in [3.63, 3.8) is 0 Å². The first kappa shape index (κ1) is 11.2. The summed E-state index contributed by atoms with van der Waals surface area (Å²) in [5.74, 6) is 0. The quantitative estimate of drug-likeness (QED) is 0.649. The number of hydrogen-bond donors (Lipinski definition) is 2. The lowest BCUT2D eigenvalue weighted by molar-refractivity contribution is 0.161. The molecular formula is C8H18N2O2. The van der Waals surface area contributed by atoms with Gasteiger partial charge in [-0.25, -0.2) is 4.79 Å². The predicted octanol–water partition coefficient (Wildman–Crippen LogP) is 0.419. The van der Waals surface area contributed by atoms with Gasteiger partial charge in [-0.2, -0.15) is 0 Å². The molecule has 0 aliphatic heterocycles. The first-order valence-electron chi connectivity index (χ1n) is 4.28. The Morgan fingerprint density at radius 2 is 2.17 bits per heavy atom. The summed E-state index contributed by atoms with van der Waals surface area (Å²) >= 11 is 0. The third-order valence-corrected chi connectivity index (χ3v) is 1.55. The zero-order valence-electron chi connectivity index (χ0n) is 8.00. The largest absolute Gasteiger partial charge is 0.395 e. The van der Waals surface area contributed by atoms with Gasteiger partial charge in [-0.3, -0.25) is 0 Å². The fourth-order valence-electron chi connectivity index (χ4n) is 0.955. The van der Waals surface area contributed by atoms with Crippen molar-refractivity contribution in [2.75, 3.05) is 19.7 Å². The molecule has 12 heavy (non-hydrogen) atoms. The molecule has 2 amide bonds. The van der Waals surface area contributed by atoms with Gasteiger partial charge in [0, 0.05) is 19.1 Å². The smallest absolute Gasteiger partial charge is 0.317 e. The molecule has 0 rings (SSSR count). The van der Waals surface area contributed by atoms with E-state index in [1.165, 1.54) is 0 Å². The third-order valence-electron chi connectivity index (χ3n) is 1.55. The minimum absolute atomic E-state index is 0.00924. The molecule has 0 bridgehead atoms. The summed E-state index contributed by atoms with van der Waals surface area (Å²) in [4.78, 5) is 12.9. The van der Waals surface area contributed by atoms with Gasteiger partial charge in [-0.1, -0.05) is 0 Å². The van der Waals surface area contributed by atoms with Crippen molar-refractivity contribution in [3.8, 4) is 0 Å². The van der Waals surface area contributed by atoms with Gasteiger partial charge < -0.3 is 15.3 Å². The fraction of sp³-hybridized carbons (Fsp3) is 0.875. The number of aliphatic hydroxyl groups excluding tert-OH is 1. The summed E-state index contributed by atoms with van der Waals surface area (Å²) in [5.41, 5.74) is 0. The van der Waals surface area contributed by atoms with Gasteiger partial charge in [-0.15, -0.1) is 0 Å². The lowest BCUT2D eigenvalue weighted by atomic mass is 10.3. The molecule has 0 aromatic rings. The molecule has 4 heteroatoms. The van der Waals surface area contributed by atoms with E-state index in [-0.39, 0.29) is 18.7 Å². The zero-order valence-corrected chi connectivity index (χ0v) is 8.00. The number of urea groups is 1. The second-order valence-electron chi connectivity index (χ2n) is 2.85. The van der Waals surface area contributed by atoms with E-state index in [4.69, 9.17) is 5.11 Å². The van der Waals surface area contributed by atoms with Crippen LogP contribution in [0.1, 0.15) is 20.8 Å². The molecule has 0 saturated carbocycles. The SMILES string of the molecule is CCNC(=O)N(CCO)C(C)C. The average molecular weight is 174 g/mol. The van der Waals surface area contributed by atoms with Gasteiger partial charge in [0.2, 0.25) is 0 Å². The molecule has 0 unspecified atom stereocenters. The summed E-state index contributed by atoms with van der Waals surface area (Å²) in [6.45, 7) is 6.73. The lowest BCUT2D eigenvalue weighted by Crippen LogP contribution is -2.45. The van der Waals surface area contributed by atoms with Crippen molar-refractivity contribution in [1.82, 2.24) is 10.2 Å². The van der Waals surface area contributed by atoms with Gasteiger partial charge in [0.15, 0.2) is 0 Å². The first-order valence-corrected chi connectivity index (χ1v) is 4.28. The van der Waals surface area contributed by atoms with Crippen molar-refractivity contribution in [2.45, 2.75) is 26.8 Å². The van der Waals surface area contributed by atoms with Crippen molar-refractivity contribution in [3.05, 3.63) is 0 Å². The summed E-state index contributed by atoms with van der Waals surface area (Å²) < 4.78 is 0. The van der Waals surface area contributed by atoms with Gasteiger partial charge in [0.05, 0.1) is 6.61 Å². The Morgan fingerprint density at radius 3 is 2.50 bits per heavy atom. The normalized spacial score (nSPS) is 10.1. The van der Waals surface area contributed by atoms with Crippen LogP contribution in [0, 0.1) is 0 Å². The summed E-state index contributed by atoms with van der Waals surface area (Å²) in [5, 5.41) is 11.4. The van der Waals surface area contributed by atoms with E-state index in [0.29, 0.717) is 13.1 Å². The Labute approximate surface area is 73.6 Å². The first-order chi connectivity index (χ1) is 5.63. The number of carbonyl (C=O) groups excluding carboxylic acids is 1. The molecule has 72 valence electrons. The van der Waals surface area contributed by atoms with E-state index < -0.39 is 0 Å². The second kappa shape index (κ2) is 5.83. The molecule has 0 fully saturated rings. The summed E-state index contributed by atoms with van der Waals surface area (Å²) in [7, 11) is 0. The molecule has 0 aliphatic rings. The van der Waals surface area contributed by atoms with E-state index in [9.17, 15) is 4.79 Å². The molecule has 0 spiro atoms. The molecule has 0 heterocycles. The fourth-order valence-corrected chi connectivity index (χ4v) is 0.955. The highest BCUT2D eigenvalue weighted by Gasteiger charge is 2.14. The monoisotopic (exact) mass is 174 g/mol. The van der Waals surface area contributed by atoms with Crippen LogP contribution in [0.15, 0.2) is 0 Å². The van der Waals surface area contributed by atoms with E-state index in [1.807, 2.05) is 20.8 Å². The van der Waals surface area contributed by atoms with Crippen LogP contribution >= 0.6 is 0 Å². The maximum atomic E-state index is 11.3. The number of aliphatic hydroxyl groups is 1. The number of nitrogens with zero attached hydrogens (tertiary/aromatic N) is 1. The molecule has 0 aromatic carbocycles. The Bertz CT molecular complexity index is 137. The molecule has 0 aromatic heterocycles. The minimum atomic E-state index is -0.110. The summed E-state index contributed by atoms with van der Waals surface area (Å²) in [6.07, 6.45) is 0. The van der Waals surface area contributed by atoms with E-state index >= 15 is 0 Å². The Morgan fingerprint density at radius 1 is 1.58 bits per heavy atom. The number of carbonyl (C=O) groups is 1. The third kappa shape index (κ3) is 3.57.